The lowest BCUT2D eigenvalue weighted by molar-refractivity contribution is -0.122. The van der Waals surface area contributed by atoms with Crippen LogP contribution in [0, 0.1) is 6.92 Å². The van der Waals surface area contributed by atoms with E-state index in [9.17, 15) is 4.79 Å². The van der Waals surface area contributed by atoms with Gasteiger partial charge in [-0.1, -0.05) is 0 Å². The average molecular weight is 279 g/mol. The number of ether oxygens (including phenoxy) is 1. The van der Waals surface area contributed by atoms with E-state index in [1.807, 2.05) is 13.1 Å². The number of rotatable bonds is 6. The highest BCUT2D eigenvalue weighted by Crippen LogP contribution is 2.08. The summed E-state index contributed by atoms with van der Waals surface area (Å²) < 4.78 is 7.82. The number of piperidine rings is 1. The normalized spacial score (nSPS) is 16.3. The molecular weight excluding hydrogens is 254 g/mol. The van der Waals surface area contributed by atoms with Gasteiger partial charge in [0.2, 0.25) is 5.91 Å². The first kappa shape index (κ1) is 15.1. The third-order valence-corrected chi connectivity index (χ3v) is 3.91. The summed E-state index contributed by atoms with van der Waals surface area (Å²) in [6, 6.07) is 4.10. The minimum atomic E-state index is 0.0535. The van der Waals surface area contributed by atoms with E-state index in [2.05, 4.69) is 28.2 Å². The van der Waals surface area contributed by atoms with Crippen molar-refractivity contribution in [2.24, 2.45) is 7.05 Å². The molecule has 0 aliphatic carbocycles. The standard InChI is InChI=1S/C15H25N3O2/c1-12-3-4-13(18(12)2)11-17-15(19)7-10-20-14-5-8-16-9-6-14/h3-4,14,16H,5-11H2,1-2H3,(H,17,19). The fourth-order valence-electron chi connectivity index (χ4n) is 2.40. The van der Waals surface area contributed by atoms with Crippen LogP contribution in [-0.4, -0.2) is 36.3 Å². The van der Waals surface area contributed by atoms with E-state index in [-0.39, 0.29) is 5.91 Å². The Morgan fingerprint density at radius 3 is 2.85 bits per heavy atom. The molecule has 0 unspecified atom stereocenters. The van der Waals surface area contributed by atoms with Gasteiger partial charge in [0.15, 0.2) is 0 Å². The van der Waals surface area contributed by atoms with Crippen LogP contribution >= 0.6 is 0 Å². The van der Waals surface area contributed by atoms with Crippen LogP contribution < -0.4 is 10.6 Å². The van der Waals surface area contributed by atoms with Crippen molar-refractivity contribution in [1.29, 1.82) is 0 Å². The summed E-state index contributed by atoms with van der Waals surface area (Å²) in [5.41, 5.74) is 2.32. The van der Waals surface area contributed by atoms with Crippen molar-refractivity contribution in [3.05, 3.63) is 23.5 Å². The first-order valence-corrected chi connectivity index (χ1v) is 7.37. The summed E-state index contributed by atoms with van der Waals surface area (Å²) in [7, 11) is 2.01. The Morgan fingerprint density at radius 1 is 1.45 bits per heavy atom. The number of carbonyl (C=O) groups excluding carboxylic acids is 1. The fraction of sp³-hybridized carbons (Fsp3) is 0.667. The molecule has 1 saturated heterocycles. The summed E-state index contributed by atoms with van der Waals surface area (Å²) in [5, 5.41) is 6.24. The molecule has 0 bridgehead atoms. The summed E-state index contributed by atoms with van der Waals surface area (Å²) in [4.78, 5) is 11.8. The van der Waals surface area contributed by atoms with Crippen molar-refractivity contribution in [1.82, 2.24) is 15.2 Å². The highest BCUT2D eigenvalue weighted by Gasteiger charge is 2.13. The minimum absolute atomic E-state index is 0.0535. The van der Waals surface area contributed by atoms with E-state index in [0.29, 0.717) is 25.7 Å². The molecule has 0 radical (unpaired) electrons. The summed E-state index contributed by atoms with van der Waals surface area (Å²) in [5.74, 6) is 0.0535. The Hall–Kier alpha value is -1.33. The van der Waals surface area contributed by atoms with E-state index in [4.69, 9.17) is 4.74 Å². The Morgan fingerprint density at radius 2 is 2.20 bits per heavy atom. The molecule has 2 N–H and O–H groups in total. The maximum atomic E-state index is 11.8. The maximum absolute atomic E-state index is 11.8. The molecule has 0 spiro atoms. The predicted octanol–water partition coefficient (Wildman–Crippen LogP) is 1.11. The van der Waals surface area contributed by atoms with Gasteiger partial charge in [-0.3, -0.25) is 4.79 Å². The monoisotopic (exact) mass is 279 g/mol. The van der Waals surface area contributed by atoms with E-state index < -0.39 is 0 Å². The third kappa shape index (κ3) is 4.35. The molecule has 1 aliphatic heterocycles. The molecule has 0 aromatic carbocycles. The second-order valence-corrected chi connectivity index (χ2v) is 5.37. The number of nitrogens with zero attached hydrogens (tertiary/aromatic N) is 1. The quantitative estimate of drug-likeness (QED) is 0.820. The molecule has 0 saturated carbocycles. The van der Waals surface area contributed by atoms with Gasteiger partial charge in [0, 0.05) is 24.9 Å². The van der Waals surface area contributed by atoms with E-state index in [0.717, 1.165) is 31.6 Å². The van der Waals surface area contributed by atoms with Gasteiger partial charge in [-0.25, -0.2) is 0 Å². The van der Waals surface area contributed by atoms with Crippen LogP contribution in [0.1, 0.15) is 30.7 Å². The van der Waals surface area contributed by atoms with Crippen LogP contribution in [-0.2, 0) is 23.1 Å². The summed E-state index contributed by atoms with van der Waals surface area (Å²) in [6.07, 6.45) is 2.85. The van der Waals surface area contributed by atoms with Crippen LogP contribution in [0.3, 0.4) is 0 Å². The van der Waals surface area contributed by atoms with Crippen molar-refractivity contribution < 1.29 is 9.53 Å². The lowest BCUT2D eigenvalue weighted by atomic mass is 10.1. The van der Waals surface area contributed by atoms with Crippen molar-refractivity contribution in [3.63, 3.8) is 0 Å². The molecule has 1 aromatic heterocycles. The highest BCUT2D eigenvalue weighted by atomic mass is 16.5. The lowest BCUT2D eigenvalue weighted by Crippen LogP contribution is -2.33. The molecule has 2 rings (SSSR count). The second kappa shape index (κ2) is 7.45. The lowest BCUT2D eigenvalue weighted by Gasteiger charge is -2.22. The maximum Gasteiger partial charge on any atom is 0.222 e. The molecule has 5 nitrogen and oxygen atoms in total. The van der Waals surface area contributed by atoms with Gasteiger partial charge in [-0.05, 0) is 45.0 Å². The van der Waals surface area contributed by atoms with Gasteiger partial charge in [-0.15, -0.1) is 0 Å². The zero-order valence-electron chi connectivity index (χ0n) is 12.4. The van der Waals surface area contributed by atoms with Crippen LogP contribution in [0.4, 0.5) is 0 Å². The zero-order valence-corrected chi connectivity index (χ0v) is 12.4. The number of amides is 1. The van der Waals surface area contributed by atoms with Crippen molar-refractivity contribution in [3.8, 4) is 0 Å². The van der Waals surface area contributed by atoms with Crippen LogP contribution in [0.2, 0.25) is 0 Å². The van der Waals surface area contributed by atoms with Crippen molar-refractivity contribution in [2.75, 3.05) is 19.7 Å². The first-order valence-electron chi connectivity index (χ1n) is 7.37. The molecular formula is C15H25N3O2. The molecule has 20 heavy (non-hydrogen) atoms. The van der Waals surface area contributed by atoms with Gasteiger partial charge < -0.3 is 19.9 Å². The number of hydrogen-bond acceptors (Lipinski definition) is 3. The zero-order chi connectivity index (χ0) is 14.4. The minimum Gasteiger partial charge on any atom is -0.378 e. The summed E-state index contributed by atoms with van der Waals surface area (Å²) in [6.45, 7) is 5.19. The molecule has 1 fully saturated rings. The number of hydrogen-bond donors (Lipinski definition) is 2. The Balaban J connectivity index is 1.61. The van der Waals surface area contributed by atoms with Gasteiger partial charge in [-0.2, -0.15) is 0 Å². The smallest absolute Gasteiger partial charge is 0.222 e. The van der Waals surface area contributed by atoms with Crippen LogP contribution in [0.15, 0.2) is 12.1 Å². The Labute approximate surface area is 120 Å². The molecule has 1 amide bonds. The number of aryl methyl sites for hydroxylation is 1. The van der Waals surface area contributed by atoms with E-state index in [1.165, 1.54) is 5.69 Å². The SMILES string of the molecule is Cc1ccc(CNC(=O)CCOC2CCNCC2)n1C. The van der Waals surface area contributed by atoms with Crippen LogP contribution in [0.25, 0.3) is 0 Å². The molecule has 2 heterocycles. The Kier molecular flexibility index (Phi) is 5.61. The molecule has 0 atom stereocenters. The number of carbonyl (C=O) groups is 1. The molecule has 112 valence electrons. The van der Waals surface area contributed by atoms with Gasteiger partial charge in [0.05, 0.1) is 19.3 Å². The largest absolute Gasteiger partial charge is 0.378 e. The Bertz CT molecular complexity index is 436. The average Bonchev–Trinajstić information content (AvgIpc) is 2.78. The molecule has 1 aliphatic rings. The van der Waals surface area contributed by atoms with E-state index >= 15 is 0 Å². The number of aromatic nitrogens is 1. The van der Waals surface area contributed by atoms with Gasteiger partial charge in [0.1, 0.15) is 0 Å². The van der Waals surface area contributed by atoms with Gasteiger partial charge >= 0.3 is 0 Å². The topological polar surface area (TPSA) is 55.3 Å². The van der Waals surface area contributed by atoms with Crippen molar-refractivity contribution >= 4 is 5.91 Å². The number of nitrogens with one attached hydrogen (secondary N) is 2. The molecule has 1 aromatic rings. The van der Waals surface area contributed by atoms with Gasteiger partial charge in [0.25, 0.3) is 0 Å². The highest BCUT2D eigenvalue weighted by molar-refractivity contribution is 5.75. The summed E-state index contributed by atoms with van der Waals surface area (Å²) >= 11 is 0. The van der Waals surface area contributed by atoms with E-state index in [1.54, 1.807) is 0 Å². The molecule has 5 heteroatoms. The third-order valence-electron chi connectivity index (χ3n) is 3.91. The van der Waals surface area contributed by atoms with Crippen LogP contribution in [0.5, 0.6) is 0 Å². The predicted molar refractivity (Wildman–Crippen MR) is 78.5 cm³/mol. The van der Waals surface area contributed by atoms with Crippen molar-refractivity contribution in [2.45, 2.75) is 38.8 Å². The fourth-order valence-corrected chi connectivity index (χ4v) is 2.40. The first-order chi connectivity index (χ1) is 9.66. The second-order valence-electron chi connectivity index (χ2n) is 5.37.